The first-order valence-corrected chi connectivity index (χ1v) is 9.59. The molecule has 1 aromatic carbocycles. The summed E-state index contributed by atoms with van der Waals surface area (Å²) in [4.78, 5) is 17.2. The Balaban J connectivity index is 1.61. The Morgan fingerprint density at radius 2 is 2.04 bits per heavy atom. The number of nitrogens with zero attached hydrogens (tertiary/aromatic N) is 3. The summed E-state index contributed by atoms with van der Waals surface area (Å²) in [6.45, 7) is 10.2. The molecule has 1 fully saturated rings. The minimum Gasteiger partial charge on any atom is -0.496 e. The van der Waals surface area contributed by atoms with Gasteiger partial charge in [0.25, 0.3) is 5.91 Å². The van der Waals surface area contributed by atoms with E-state index in [0.717, 1.165) is 55.4 Å². The van der Waals surface area contributed by atoms with Crippen LogP contribution in [0.2, 0.25) is 0 Å². The lowest BCUT2D eigenvalue weighted by molar-refractivity contribution is 0.0760. The molecule has 0 saturated carbocycles. The van der Waals surface area contributed by atoms with Crippen molar-refractivity contribution in [1.82, 2.24) is 15.0 Å². The van der Waals surface area contributed by atoms with Gasteiger partial charge >= 0.3 is 0 Å². The van der Waals surface area contributed by atoms with Gasteiger partial charge in [-0.05, 0) is 31.0 Å². The molecule has 27 heavy (non-hydrogen) atoms. The van der Waals surface area contributed by atoms with Crippen LogP contribution in [0.5, 0.6) is 5.75 Å². The summed E-state index contributed by atoms with van der Waals surface area (Å²) < 4.78 is 10.7. The number of aryl methyl sites for hydroxylation is 1. The second kappa shape index (κ2) is 8.57. The number of ether oxygens (including phenoxy) is 1. The monoisotopic (exact) mass is 371 g/mol. The SMILES string of the molecule is COc1cc(C(=O)N2CCCN(Cc3cc(C(C)C)on3)CC2)ccc1C. The number of carbonyl (C=O) groups excluding carboxylic acids is 1. The van der Waals surface area contributed by atoms with Gasteiger partial charge < -0.3 is 14.2 Å². The molecular weight excluding hydrogens is 342 g/mol. The quantitative estimate of drug-likeness (QED) is 0.805. The van der Waals surface area contributed by atoms with Crippen LogP contribution in [0.4, 0.5) is 0 Å². The Morgan fingerprint density at radius 3 is 2.74 bits per heavy atom. The van der Waals surface area contributed by atoms with Gasteiger partial charge in [0.2, 0.25) is 0 Å². The number of carbonyl (C=O) groups is 1. The third-order valence-corrected chi connectivity index (χ3v) is 5.06. The molecule has 6 nitrogen and oxygen atoms in total. The number of rotatable bonds is 5. The van der Waals surface area contributed by atoms with Gasteiger partial charge in [-0.1, -0.05) is 25.1 Å². The van der Waals surface area contributed by atoms with Crippen LogP contribution in [0, 0.1) is 6.92 Å². The van der Waals surface area contributed by atoms with E-state index >= 15 is 0 Å². The first-order valence-electron chi connectivity index (χ1n) is 9.59. The first-order chi connectivity index (χ1) is 13.0. The van der Waals surface area contributed by atoms with Crippen LogP contribution in [0.15, 0.2) is 28.8 Å². The highest BCUT2D eigenvalue weighted by atomic mass is 16.5. The Morgan fingerprint density at radius 1 is 1.22 bits per heavy atom. The van der Waals surface area contributed by atoms with Crippen molar-refractivity contribution in [1.29, 1.82) is 0 Å². The maximum Gasteiger partial charge on any atom is 0.254 e. The predicted octanol–water partition coefficient (Wildman–Crippen LogP) is 3.46. The van der Waals surface area contributed by atoms with Crippen LogP contribution in [0.1, 0.15) is 53.6 Å². The van der Waals surface area contributed by atoms with E-state index in [1.807, 2.05) is 36.1 Å². The van der Waals surface area contributed by atoms with Crippen molar-refractivity contribution in [3.63, 3.8) is 0 Å². The molecule has 0 radical (unpaired) electrons. The van der Waals surface area contributed by atoms with E-state index in [0.29, 0.717) is 18.0 Å². The molecule has 1 aliphatic heterocycles. The molecule has 1 aromatic heterocycles. The molecule has 0 aliphatic carbocycles. The fourth-order valence-corrected chi connectivity index (χ4v) is 3.37. The molecule has 146 valence electrons. The van der Waals surface area contributed by atoms with Crippen molar-refractivity contribution in [2.24, 2.45) is 0 Å². The van der Waals surface area contributed by atoms with Crippen molar-refractivity contribution in [3.05, 3.63) is 46.8 Å². The minimum absolute atomic E-state index is 0.0682. The van der Waals surface area contributed by atoms with Crippen molar-refractivity contribution < 1.29 is 14.1 Å². The standard InChI is InChI=1S/C21H29N3O3/c1-15(2)19-13-18(22-27-19)14-23-8-5-9-24(11-10-23)21(25)17-7-6-16(3)20(12-17)26-4/h6-7,12-13,15H,5,8-11,14H2,1-4H3. The van der Waals surface area contributed by atoms with Crippen LogP contribution in [-0.2, 0) is 6.54 Å². The topological polar surface area (TPSA) is 58.8 Å². The fourth-order valence-electron chi connectivity index (χ4n) is 3.37. The van der Waals surface area contributed by atoms with Crippen LogP contribution in [-0.4, -0.2) is 54.2 Å². The number of aromatic nitrogens is 1. The first kappa shape index (κ1) is 19.4. The lowest BCUT2D eigenvalue weighted by Crippen LogP contribution is -2.35. The van der Waals surface area contributed by atoms with Gasteiger partial charge in [-0.15, -0.1) is 0 Å². The summed E-state index contributed by atoms with van der Waals surface area (Å²) in [5.41, 5.74) is 2.68. The lowest BCUT2D eigenvalue weighted by Gasteiger charge is -2.22. The molecule has 0 N–H and O–H groups in total. The average molecular weight is 371 g/mol. The molecule has 2 heterocycles. The van der Waals surface area contributed by atoms with Crippen LogP contribution in [0.3, 0.4) is 0 Å². The van der Waals surface area contributed by atoms with Crippen LogP contribution < -0.4 is 4.74 Å². The number of methoxy groups -OCH3 is 1. The molecule has 1 aliphatic rings. The van der Waals surface area contributed by atoms with Gasteiger partial charge in [0.15, 0.2) is 0 Å². The average Bonchev–Trinajstić information content (AvgIpc) is 3.00. The summed E-state index contributed by atoms with van der Waals surface area (Å²) in [6.07, 6.45) is 0.948. The highest BCUT2D eigenvalue weighted by molar-refractivity contribution is 5.94. The van der Waals surface area contributed by atoms with Gasteiger partial charge in [-0.25, -0.2) is 0 Å². The van der Waals surface area contributed by atoms with Gasteiger partial charge in [-0.3, -0.25) is 9.69 Å². The molecule has 0 atom stereocenters. The van der Waals surface area contributed by atoms with Gasteiger partial charge in [0, 0.05) is 50.3 Å². The zero-order chi connectivity index (χ0) is 19.4. The zero-order valence-electron chi connectivity index (χ0n) is 16.7. The van der Waals surface area contributed by atoms with E-state index < -0.39 is 0 Å². The largest absolute Gasteiger partial charge is 0.496 e. The van der Waals surface area contributed by atoms with E-state index in [-0.39, 0.29) is 5.91 Å². The molecule has 0 spiro atoms. The van der Waals surface area contributed by atoms with E-state index in [1.54, 1.807) is 7.11 Å². The lowest BCUT2D eigenvalue weighted by atomic mass is 10.1. The minimum atomic E-state index is 0.0682. The van der Waals surface area contributed by atoms with E-state index in [4.69, 9.17) is 9.26 Å². The van der Waals surface area contributed by atoms with E-state index in [9.17, 15) is 4.79 Å². The maximum atomic E-state index is 12.9. The fraction of sp³-hybridized carbons (Fsp3) is 0.524. The smallest absolute Gasteiger partial charge is 0.254 e. The summed E-state index contributed by atoms with van der Waals surface area (Å²) >= 11 is 0. The molecule has 2 aromatic rings. The molecule has 6 heteroatoms. The molecular formula is C21H29N3O3. The Bertz CT molecular complexity index is 785. The van der Waals surface area contributed by atoms with Crippen molar-refractivity contribution in [2.45, 2.75) is 39.7 Å². The second-order valence-electron chi connectivity index (χ2n) is 7.48. The van der Waals surface area contributed by atoms with Crippen LogP contribution in [0.25, 0.3) is 0 Å². The summed E-state index contributed by atoms with van der Waals surface area (Å²) in [7, 11) is 1.63. The number of amides is 1. The van der Waals surface area contributed by atoms with Crippen molar-refractivity contribution in [3.8, 4) is 5.75 Å². The summed E-state index contributed by atoms with van der Waals surface area (Å²) in [5, 5.41) is 4.18. The second-order valence-corrected chi connectivity index (χ2v) is 7.48. The van der Waals surface area contributed by atoms with Crippen molar-refractivity contribution >= 4 is 5.91 Å². The Kier molecular flexibility index (Phi) is 6.16. The number of benzene rings is 1. The van der Waals surface area contributed by atoms with E-state index in [2.05, 4.69) is 23.9 Å². The van der Waals surface area contributed by atoms with Gasteiger partial charge in [0.1, 0.15) is 11.5 Å². The third-order valence-electron chi connectivity index (χ3n) is 5.06. The predicted molar refractivity (Wildman–Crippen MR) is 104 cm³/mol. The van der Waals surface area contributed by atoms with Crippen LogP contribution >= 0.6 is 0 Å². The molecule has 3 rings (SSSR count). The van der Waals surface area contributed by atoms with E-state index in [1.165, 1.54) is 0 Å². The Labute approximate surface area is 161 Å². The third kappa shape index (κ3) is 4.69. The Hall–Kier alpha value is -2.34. The highest BCUT2D eigenvalue weighted by Crippen LogP contribution is 2.21. The zero-order valence-corrected chi connectivity index (χ0v) is 16.7. The molecule has 0 unspecified atom stereocenters. The summed E-state index contributed by atoms with van der Waals surface area (Å²) in [5.74, 6) is 2.09. The van der Waals surface area contributed by atoms with Crippen molar-refractivity contribution in [2.75, 3.05) is 33.3 Å². The van der Waals surface area contributed by atoms with Gasteiger partial charge in [-0.2, -0.15) is 0 Å². The maximum absolute atomic E-state index is 12.9. The normalized spacial score (nSPS) is 15.8. The molecule has 1 saturated heterocycles. The number of hydrogen-bond acceptors (Lipinski definition) is 5. The van der Waals surface area contributed by atoms with Gasteiger partial charge in [0.05, 0.1) is 12.8 Å². The number of hydrogen-bond donors (Lipinski definition) is 0. The molecule has 1 amide bonds. The molecule has 0 bridgehead atoms. The highest BCUT2D eigenvalue weighted by Gasteiger charge is 2.22. The summed E-state index contributed by atoms with van der Waals surface area (Å²) in [6, 6.07) is 7.69.